The lowest BCUT2D eigenvalue weighted by Crippen LogP contribution is -2.46. The van der Waals surface area contributed by atoms with Gasteiger partial charge in [0.1, 0.15) is 11.2 Å². The number of nitrogens with zero attached hydrogens (tertiary/aromatic N) is 4. The normalized spacial score (nSPS) is 14.0. The summed E-state index contributed by atoms with van der Waals surface area (Å²) in [5, 5.41) is 0.466. The van der Waals surface area contributed by atoms with E-state index in [1.54, 1.807) is 4.90 Å². The number of piperazine rings is 1. The summed E-state index contributed by atoms with van der Waals surface area (Å²) in [6.07, 6.45) is 3.37. The Morgan fingerprint density at radius 1 is 1.13 bits per heavy atom. The minimum Gasteiger partial charge on any atom is -0.420 e. The lowest BCUT2D eigenvalue weighted by molar-refractivity contribution is -0.118. The molecule has 1 fully saturated rings. The number of fused-ring (bicyclic) bond motifs is 1. The minimum atomic E-state index is -0.941. The second-order valence-corrected chi connectivity index (χ2v) is 7.93. The number of nitrogens with one attached hydrogen (secondary N) is 1. The largest absolute Gasteiger partial charge is 0.420 e. The number of anilines is 1. The van der Waals surface area contributed by atoms with Gasteiger partial charge in [-0.15, -0.1) is 0 Å². The maximum atomic E-state index is 12.8. The fourth-order valence-corrected chi connectivity index (χ4v) is 4.00. The van der Waals surface area contributed by atoms with Crippen LogP contribution in [0.3, 0.4) is 0 Å². The number of hydrogen-bond donors (Lipinski definition) is 1. The first-order valence-corrected chi connectivity index (χ1v) is 10.2. The van der Waals surface area contributed by atoms with Crippen LogP contribution in [-0.4, -0.2) is 58.4 Å². The molecule has 0 unspecified atom stereocenters. The highest BCUT2D eigenvalue weighted by Gasteiger charge is 2.22. The van der Waals surface area contributed by atoms with Gasteiger partial charge in [0.25, 0.3) is 0 Å². The summed E-state index contributed by atoms with van der Waals surface area (Å²) in [5.74, 6) is -0.620. The Balaban J connectivity index is 1.60. The van der Waals surface area contributed by atoms with Crippen molar-refractivity contribution in [2.24, 2.45) is 0 Å². The van der Waals surface area contributed by atoms with Crippen molar-refractivity contribution < 1.29 is 14.3 Å². The summed E-state index contributed by atoms with van der Waals surface area (Å²) in [7, 11) is 0. The van der Waals surface area contributed by atoms with Crippen molar-refractivity contribution in [2.45, 2.75) is 0 Å². The van der Waals surface area contributed by atoms with Crippen LogP contribution < -0.4 is 15.1 Å². The van der Waals surface area contributed by atoms with E-state index in [0.29, 0.717) is 32.1 Å². The number of hydrogen-bond acceptors (Lipinski definition) is 7. The fourth-order valence-electron chi connectivity index (χ4n) is 3.11. The van der Waals surface area contributed by atoms with Crippen molar-refractivity contribution in [2.75, 3.05) is 31.1 Å². The molecule has 12 heteroatoms. The van der Waals surface area contributed by atoms with E-state index in [0.717, 1.165) is 6.41 Å². The van der Waals surface area contributed by atoms with Crippen LogP contribution >= 0.6 is 34.8 Å². The average molecular weight is 483 g/mol. The lowest BCUT2D eigenvalue weighted by Gasteiger charge is -2.32. The molecule has 160 valence electrons. The van der Waals surface area contributed by atoms with Gasteiger partial charge in [0.05, 0.1) is 15.4 Å². The van der Waals surface area contributed by atoms with Crippen LogP contribution in [0.25, 0.3) is 11.0 Å². The minimum absolute atomic E-state index is 0.0331. The maximum Gasteiger partial charge on any atom is 0.349 e. The zero-order valence-electron chi connectivity index (χ0n) is 15.8. The van der Waals surface area contributed by atoms with Gasteiger partial charge in [0, 0.05) is 43.6 Å². The highest BCUT2D eigenvalue weighted by atomic mass is 35.5. The predicted molar refractivity (Wildman–Crippen MR) is 116 cm³/mol. The molecule has 1 aliphatic rings. The molecule has 1 amide bonds. The van der Waals surface area contributed by atoms with Crippen LogP contribution in [0.2, 0.25) is 15.1 Å². The van der Waals surface area contributed by atoms with E-state index in [1.807, 2.05) is 4.90 Å². The summed E-state index contributed by atoms with van der Waals surface area (Å²) in [5.41, 5.74) is -0.588. The molecule has 2 aromatic heterocycles. The number of H-pyrrole nitrogens is 1. The molecule has 9 nitrogen and oxygen atoms in total. The predicted octanol–water partition coefficient (Wildman–Crippen LogP) is 2.78. The van der Waals surface area contributed by atoms with E-state index in [-0.39, 0.29) is 37.4 Å². The van der Waals surface area contributed by atoms with Crippen LogP contribution in [0.15, 0.2) is 29.3 Å². The number of esters is 1. The van der Waals surface area contributed by atoms with E-state index in [9.17, 15) is 14.4 Å². The summed E-state index contributed by atoms with van der Waals surface area (Å²) in [6.45, 7) is 2.26. The molecule has 3 heterocycles. The van der Waals surface area contributed by atoms with Crippen LogP contribution in [0.4, 0.5) is 5.95 Å². The lowest BCUT2D eigenvalue weighted by atomic mass is 10.2. The molecule has 1 N–H and O–H groups in total. The van der Waals surface area contributed by atoms with Crippen molar-refractivity contribution in [3.8, 4) is 5.75 Å². The van der Waals surface area contributed by atoms with Gasteiger partial charge in [-0.25, -0.2) is 9.78 Å². The van der Waals surface area contributed by atoms with E-state index in [1.165, 1.54) is 24.5 Å². The molecular weight excluding hydrogens is 469 g/mol. The van der Waals surface area contributed by atoms with Crippen LogP contribution in [0, 0.1) is 0 Å². The molecule has 1 aliphatic heterocycles. The van der Waals surface area contributed by atoms with E-state index < -0.39 is 11.4 Å². The van der Waals surface area contributed by atoms with Crippen molar-refractivity contribution in [3.05, 3.63) is 55.4 Å². The Hall–Kier alpha value is -2.88. The molecule has 0 saturated carbocycles. The second-order valence-electron chi connectivity index (χ2n) is 6.68. The Morgan fingerprint density at radius 2 is 1.81 bits per heavy atom. The first-order valence-electron chi connectivity index (χ1n) is 9.07. The molecule has 0 bridgehead atoms. The van der Waals surface area contributed by atoms with Crippen LogP contribution in [0.1, 0.15) is 10.4 Å². The van der Waals surface area contributed by atoms with Crippen molar-refractivity contribution in [1.29, 1.82) is 0 Å². The van der Waals surface area contributed by atoms with Crippen LogP contribution in [-0.2, 0) is 4.79 Å². The molecule has 4 rings (SSSR count). The van der Waals surface area contributed by atoms with E-state index in [4.69, 9.17) is 39.5 Å². The topological polar surface area (TPSA) is 108 Å². The standard InChI is InChI=1S/C19H14Cl3N5O4/c20-10-5-13(21)16(14(22)6-10)31-18(30)12-8-23-17-11(15(12)29)7-24-19(25-17)27-3-1-26(9-28)2-4-27/h5-9H,1-4H2,(H,23,24,25,29). The Morgan fingerprint density at radius 3 is 2.45 bits per heavy atom. The number of ether oxygens (including phenoxy) is 1. The molecule has 0 atom stereocenters. The summed E-state index contributed by atoms with van der Waals surface area (Å²) in [4.78, 5) is 51.2. The maximum absolute atomic E-state index is 12.8. The monoisotopic (exact) mass is 481 g/mol. The zero-order chi connectivity index (χ0) is 22.1. The smallest absolute Gasteiger partial charge is 0.349 e. The number of pyridine rings is 1. The van der Waals surface area contributed by atoms with Gasteiger partial charge in [-0.05, 0) is 12.1 Å². The highest BCUT2D eigenvalue weighted by molar-refractivity contribution is 6.40. The second kappa shape index (κ2) is 8.70. The summed E-state index contributed by atoms with van der Waals surface area (Å²) >= 11 is 17.9. The Labute approximate surface area is 190 Å². The first-order chi connectivity index (χ1) is 14.9. The fraction of sp³-hybridized carbons (Fsp3) is 0.211. The van der Waals surface area contributed by atoms with Gasteiger partial charge in [-0.3, -0.25) is 9.59 Å². The third kappa shape index (κ3) is 4.30. The molecule has 0 spiro atoms. The number of carbonyl (C=O) groups is 2. The molecule has 0 radical (unpaired) electrons. The van der Waals surface area contributed by atoms with Gasteiger partial charge in [0.2, 0.25) is 17.8 Å². The first kappa shape index (κ1) is 21.4. The molecule has 0 aliphatic carbocycles. The van der Waals surface area contributed by atoms with Crippen molar-refractivity contribution in [1.82, 2.24) is 19.9 Å². The Kier molecular flexibility index (Phi) is 5.99. The van der Waals surface area contributed by atoms with Gasteiger partial charge >= 0.3 is 5.97 Å². The molecule has 1 saturated heterocycles. The van der Waals surface area contributed by atoms with Gasteiger partial charge in [-0.1, -0.05) is 34.8 Å². The zero-order valence-corrected chi connectivity index (χ0v) is 18.0. The SMILES string of the molecule is O=CN1CCN(c2ncc3c(=O)c(C(=O)Oc4c(Cl)cc(Cl)cc4Cl)c[nH]c3n2)CC1. The van der Waals surface area contributed by atoms with Crippen molar-refractivity contribution in [3.63, 3.8) is 0 Å². The average Bonchev–Trinajstić information content (AvgIpc) is 2.76. The Bertz CT molecular complexity index is 1220. The summed E-state index contributed by atoms with van der Waals surface area (Å²) < 4.78 is 5.22. The number of benzene rings is 1. The molecule has 31 heavy (non-hydrogen) atoms. The number of aromatic amines is 1. The number of halogens is 3. The molecular formula is C19H14Cl3N5O4. The highest BCUT2D eigenvalue weighted by Crippen LogP contribution is 2.36. The number of carbonyl (C=O) groups excluding carboxylic acids is 2. The third-order valence-electron chi connectivity index (χ3n) is 4.74. The number of amides is 1. The molecule has 1 aromatic carbocycles. The van der Waals surface area contributed by atoms with Gasteiger partial charge < -0.3 is 19.5 Å². The van der Waals surface area contributed by atoms with E-state index >= 15 is 0 Å². The van der Waals surface area contributed by atoms with Gasteiger partial charge in [0.15, 0.2) is 5.75 Å². The van der Waals surface area contributed by atoms with Gasteiger partial charge in [-0.2, -0.15) is 4.98 Å². The van der Waals surface area contributed by atoms with Crippen molar-refractivity contribution >= 4 is 64.2 Å². The van der Waals surface area contributed by atoms with Crippen LogP contribution in [0.5, 0.6) is 5.75 Å². The molecule has 3 aromatic rings. The number of rotatable bonds is 4. The third-order valence-corrected chi connectivity index (χ3v) is 5.52. The van der Waals surface area contributed by atoms with E-state index in [2.05, 4.69) is 15.0 Å². The quantitative estimate of drug-likeness (QED) is 0.346. The summed E-state index contributed by atoms with van der Waals surface area (Å²) in [6, 6.07) is 2.74. The number of aromatic nitrogens is 3.